The van der Waals surface area contributed by atoms with Gasteiger partial charge in [-0.3, -0.25) is 19.7 Å². The first kappa shape index (κ1) is 27.2. The molecule has 0 radical (unpaired) electrons. The Hall–Kier alpha value is -4.34. The zero-order valence-corrected chi connectivity index (χ0v) is 22.7. The molecule has 2 heterocycles. The minimum absolute atomic E-state index is 0.228. The average Bonchev–Trinajstić information content (AvgIpc) is 3.57. The summed E-state index contributed by atoms with van der Waals surface area (Å²) < 4.78 is 0. The van der Waals surface area contributed by atoms with Gasteiger partial charge in [0.1, 0.15) is 5.54 Å². The third-order valence-electron chi connectivity index (χ3n) is 7.44. The van der Waals surface area contributed by atoms with Crippen LogP contribution >= 0.6 is 22.9 Å². The number of halogens is 1. The highest BCUT2D eigenvalue weighted by Gasteiger charge is 2.65. The highest BCUT2D eigenvalue weighted by Crippen LogP contribution is 2.58. The van der Waals surface area contributed by atoms with Crippen LogP contribution in [0.4, 0.5) is 5.69 Å². The van der Waals surface area contributed by atoms with E-state index < -0.39 is 46.0 Å². The van der Waals surface area contributed by atoms with Gasteiger partial charge in [0, 0.05) is 39.1 Å². The minimum Gasteiger partial charge on any atom is -0.479 e. The van der Waals surface area contributed by atoms with Crippen molar-refractivity contribution in [3.05, 3.63) is 133 Å². The maximum absolute atomic E-state index is 14.4. The van der Waals surface area contributed by atoms with Gasteiger partial charge in [-0.1, -0.05) is 60.1 Å². The van der Waals surface area contributed by atoms with Crippen molar-refractivity contribution in [1.29, 1.82) is 0 Å². The van der Waals surface area contributed by atoms with Gasteiger partial charge in [-0.05, 0) is 48.2 Å². The van der Waals surface area contributed by atoms with Crippen LogP contribution in [-0.2, 0) is 4.79 Å². The van der Waals surface area contributed by atoms with Gasteiger partial charge in [-0.15, -0.1) is 11.3 Å². The predicted molar refractivity (Wildman–Crippen MR) is 151 cm³/mol. The molecule has 1 amide bonds. The van der Waals surface area contributed by atoms with Gasteiger partial charge in [0.15, 0.2) is 5.78 Å². The molecule has 1 saturated heterocycles. The fourth-order valence-corrected chi connectivity index (χ4v) is 6.84. The van der Waals surface area contributed by atoms with Crippen molar-refractivity contribution in [3.8, 4) is 0 Å². The van der Waals surface area contributed by atoms with Gasteiger partial charge >= 0.3 is 5.97 Å². The minimum atomic E-state index is -1.90. The van der Waals surface area contributed by atoms with E-state index in [1.54, 1.807) is 72.1 Å². The second-order valence-electron chi connectivity index (χ2n) is 9.68. The number of amides is 1. The molecule has 1 N–H and O–H groups in total. The lowest BCUT2D eigenvalue weighted by molar-refractivity contribution is -0.385. The number of hydrogen-bond donors (Lipinski definition) is 1. The van der Waals surface area contributed by atoms with E-state index in [1.165, 1.54) is 47.4 Å². The number of thiophene rings is 1. The summed E-state index contributed by atoms with van der Waals surface area (Å²) in [5, 5.41) is 24.6. The summed E-state index contributed by atoms with van der Waals surface area (Å²) in [5.41, 5.74) is -1.38. The summed E-state index contributed by atoms with van der Waals surface area (Å²) in [5.74, 6) is -4.41. The number of benzene rings is 3. The van der Waals surface area contributed by atoms with Crippen molar-refractivity contribution < 1.29 is 24.4 Å². The van der Waals surface area contributed by atoms with Crippen LogP contribution < -0.4 is 0 Å². The Kier molecular flexibility index (Phi) is 7.27. The van der Waals surface area contributed by atoms with E-state index in [2.05, 4.69) is 0 Å². The highest BCUT2D eigenvalue weighted by atomic mass is 35.5. The fourth-order valence-electron chi connectivity index (χ4n) is 5.65. The lowest BCUT2D eigenvalue weighted by atomic mass is 9.74. The molecule has 0 bridgehead atoms. The summed E-state index contributed by atoms with van der Waals surface area (Å²) in [6.45, 7) is 1.44. The quantitative estimate of drug-likeness (QED) is 0.150. The van der Waals surface area contributed by atoms with Crippen LogP contribution in [0, 0.1) is 16.0 Å². The Morgan fingerprint density at radius 2 is 1.65 bits per heavy atom. The maximum Gasteiger partial charge on any atom is 0.330 e. The van der Waals surface area contributed by atoms with Crippen molar-refractivity contribution in [2.24, 2.45) is 5.92 Å². The first-order valence-electron chi connectivity index (χ1n) is 12.3. The molecular formula is C30H23ClN2O6S. The monoisotopic (exact) mass is 574 g/mol. The molecular weight excluding hydrogens is 552 g/mol. The van der Waals surface area contributed by atoms with E-state index in [0.29, 0.717) is 9.90 Å². The number of hydrogen-bond acceptors (Lipinski definition) is 6. The molecule has 1 aliphatic rings. The number of non-ortho nitro benzene ring substituents is 1. The number of rotatable bonds is 7. The third-order valence-corrected chi connectivity index (χ3v) is 8.63. The van der Waals surface area contributed by atoms with Gasteiger partial charge in [0.05, 0.1) is 16.9 Å². The molecule has 4 unspecified atom stereocenters. The van der Waals surface area contributed by atoms with E-state index in [4.69, 9.17) is 11.6 Å². The molecule has 8 nitrogen and oxygen atoms in total. The SMILES string of the molecule is CC1(C(=O)O)C(c2cccs2)C(C(=O)c2cccc(Cl)c2)C(c2cccc([N+](=O)[O-])c2)N1C(=O)c1ccccc1. The number of nitrogens with zero attached hydrogens (tertiary/aromatic N) is 2. The lowest BCUT2D eigenvalue weighted by Crippen LogP contribution is -2.54. The molecule has 1 fully saturated rings. The zero-order chi connectivity index (χ0) is 28.6. The van der Waals surface area contributed by atoms with Crippen LogP contribution in [0.5, 0.6) is 0 Å². The van der Waals surface area contributed by atoms with E-state index in [9.17, 15) is 29.6 Å². The van der Waals surface area contributed by atoms with E-state index in [-0.39, 0.29) is 22.4 Å². The molecule has 0 saturated carbocycles. The highest BCUT2D eigenvalue weighted by molar-refractivity contribution is 7.10. The van der Waals surface area contributed by atoms with E-state index >= 15 is 0 Å². The van der Waals surface area contributed by atoms with Crippen molar-refractivity contribution >= 4 is 46.3 Å². The summed E-state index contributed by atoms with van der Waals surface area (Å²) in [6, 6.07) is 22.5. The van der Waals surface area contributed by atoms with Crippen LogP contribution in [0.25, 0.3) is 0 Å². The molecule has 0 spiro atoms. The summed E-state index contributed by atoms with van der Waals surface area (Å²) >= 11 is 7.51. The number of aliphatic carboxylic acids is 1. The summed E-state index contributed by atoms with van der Waals surface area (Å²) in [6.07, 6.45) is 0. The molecule has 1 aliphatic heterocycles. The van der Waals surface area contributed by atoms with Crippen molar-refractivity contribution in [2.45, 2.75) is 24.4 Å². The molecule has 40 heavy (non-hydrogen) atoms. The number of carbonyl (C=O) groups is 3. The number of carboxylic acids is 1. The Morgan fingerprint density at radius 3 is 2.27 bits per heavy atom. The Balaban J connectivity index is 1.83. The number of ketones is 1. The number of likely N-dealkylation sites (tertiary alicyclic amines) is 1. The lowest BCUT2D eigenvalue weighted by Gasteiger charge is -2.37. The van der Waals surface area contributed by atoms with Crippen LogP contribution in [0.2, 0.25) is 5.02 Å². The van der Waals surface area contributed by atoms with Crippen molar-refractivity contribution in [2.75, 3.05) is 0 Å². The second kappa shape index (κ2) is 10.7. The number of nitro groups is 1. The largest absolute Gasteiger partial charge is 0.479 e. The molecule has 4 aromatic rings. The molecule has 5 rings (SSSR count). The zero-order valence-electron chi connectivity index (χ0n) is 21.1. The molecule has 10 heteroatoms. The van der Waals surface area contributed by atoms with Crippen LogP contribution in [0.1, 0.15) is 50.0 Å². The van der Waals surface area contributed by atoms with Gasteiger partial charge in [-0.25, -0.2) is 4.79 Å². The number of carboxylic acid groups (broad SMARTS) is 1. The smallest absolute Gasteiger partial charge is 0.330 e. The van der Waals surface area contributed by atoms with Crippen LogP contribution in [0.15, 0.2) is 96.4 Å². The normalized spacial score (nSPS) is 22.1. The molecule has 202 valence electrons. The molecule has 4 atom stereocenters. The van der Waals surface area contributed by atoms with Gasteiger partial charge in [-0.2, -0.15) is 0 Å². The van der Waals surface area contributed by atoms with E-state index in [0.717, 1.165) is 0 Å². The number of carbonyl (C=O) groups excluding carboxylic acids is 2. The first-order chi connectivity index (χ1) is 19.1. The van der Waals surface area contributed by atoms with Crippen LogP contribution in [0.3, 0.4) is 0 Å². The third kappa shape index (κ3) is 4.57. The molecule has 0 aliphatic carbocycles. The van der Waals surface area contributed by atoms with Gasteiger partial charge < -0.3 is 10.0 Å². The standard InChI is InChI=1S/C30H23ClN2O6S/c1-30(29(36)37)25(23-14-7-15-40-23)24(27(34)20-11-5-12-21(31)16-20)26(19-10-6-13-22(17-19)33(38)39)32(30)28(35)18-8-3-2-4-9-18/h2-17,24-26H,1H3,(H,36,37). The Morgan fingerprint density at radius 1 is 0.950 bits per heavy atom. The fraction of sp³-hybridized carbons (Fsp3) is 0.167. The number of Topliss-reactive ketones (excluding diaryl/α,β-unsaturated/α-hetero) is 1. The Labute approximate surface area is 238 Å². The summed E-state index contributed by atoms with van der Waals surface area (Å²) in [4.78, 5) is 54.9. The molecule has 3 aromatic carbocycles. The van der Waals surface area contributed by atoms with Crippen LogP contribution in [-0.4, -0.2) is 38.1 Å². The van der Waals surface area contributed by atoms with Crippen molar-refractivity contribution in [1.82, 2.24) is 4.90 Å². The van der Waals surface area contributed by atoms with Crippen molar-refractivity contribution in [3.63, 3.8) is 0 Å². The van der Waals surface area contributed by atoms with E-state index in [1.807, 2.05) is 0 Å². The maximum atomic E-state index is 14.4. The summed E-state index contributed by atoms with van der Waals surface area (Å²) in [7, 11) is 0. The topological polar surface area (TPSA) is 118 Å². The Bertz CT molecular complexity index is 1610. The van der Waals surface area contributed by atoms with Gasteiger partial charge in [0.25, 0.3) is 11.6 Å². The molecule has 1 aromatic heterocycles. The average molecular weight is 575 g/mol. The van der Waals surface area contributed by atoms with Gasteiger partial charge in [0.2, 0.25) is 0 Å². The second-order valence-corrected chi connectivity index (χ2v) is 11.1. The number of nitro benzene ring substituents is 1. The predicted octanol–water partition coefficient (Wildman–Crippen LogP) is 6.63. The first-order valence-corrected chi connectivity index (χ1v) is 13.6.